The van der Waals surface area contributed by atoms with Gasteiger partial charge in [0.15, 0.2) is 0 Å². The van der Waals surface area contributed by atoms with Crippen LogP contribution >= 0.6 is 0 Å². The third-order valence-corrected chi connectivity index (χ3v) is 4.89. The van der Waals surface area contributed by atoms with Crippen molar-refractivity contribution in [1.29, 1.82) is 0 Å². The summed E-state index contributed by atoms with van der Waals surface area (Å²) in [6.07, 6.45) is 0. The number of hydrogen-bond donors (Lipinski definition) is 2. The highest BCUT2D eigenvalue weighted by atomic mass is 32.2. The topological polar surface area (TPSA) is 84.5 Å². The van der Waals surface area contributed by atoms with Crippen LogP contribution in [0.5, 0.6) is 5.75 Å². The van der Waals surface area contributed by atoms with E-state index in [1.807, 2.05) is 0 Å². The average molecular weight is 334 g/mol. The largest absolute Gasteiger partial charge is 0.497 e. The highest BCUT2D eigenvalue weighted by Crippen LogP contribution is 2.21. The Kier molecular flexibility index (Phi) is 5.02. The third-order valence-electron chi connectivity index (χ3n) is 3.34. The first-order valence-electron chi connectivity index (χ1n) is 6.87. The Bertz CT molecular complexity index is 832. The molecule has 0 aliphatic rings. The van der Waals surface area contributed by atoms with E-state index in [4.69, 9.17) is 4.74 Å². The molecule has 0 spiro atoms. The van der Waals surface area contributed by atoms with Crippen LogP contribution < -0.4 is 14.8 Å². The van der Waals surface area contributed by atoms with Crippen LogP contribution in [0.1, 0.15) is 15.9 Å². The number of benzene rings is 2. The van der Waals surface area contributed by atoms with E-state index < -0.39 is 10.0 Å². The molecule has 2 aromatic carbocycles. The molecule has 1 amide bonds. The zero-order valence-corrected chi connectivity index (χ0v) is 13.9. The van der Waals surface area contributed by atoms with Crippen molar-refractivity contribution in [2.45, 2.75) is 11.8 Å². The summed E-state index contributed by atoms with van der Waals surface area (Å²) in [6.45, 7) is 1.69. The molecule has 0 fully saturated rings. The summed E-state index contributed by atoms with van der Waals surface area (Å²) in [5.74, 6) is 0.223. The lowest BCUT2D eigenvalue weighted by Crippen LogP contribution is -2.20. The van der Waals surface area contributed by atoms with Crippen LogP contribution in [-0.2, 0) is 10.0 Å². The number of nitrogens with one attached hydrogen (secondary N) is 2. The van der Waals surface area contributed by atoms with E-state index in [2.05, 4.69) is 10.0 Å². The Morgan fingerprint density at radius 3 is 2.52 bits per heavy atom. The van der Waals surface area contributed by atoms with Crippen LogP contribution in [0.4, 0.5) is 5.69 Å². The first-order valence-corrected chi connectivity index (χ1v) is 8.35. The average Bonchev–Trinajstić information content (AvgIpc) is 2.56. The van der Waals surface area contributed by atoms with Crippen molar-refractivity contribution >= 4 is 21.6 Å². The van der Waals surface area contributed by atoms with E-state index in [0.717, 1.165) is 0 Å². The molecule has 2 aromatic rings. The summed E-state index contributed by atoms with van der Waals surface area (Å²) in [5, 5.41) is 2.69. The summed E-state index contributed by atoms with van der Waals surface area (Å²) in [5.41, 5.74) is 1.42. The maximum atomic E-state index is 12.3. The minimum absolute atomic E-state index is 0.128. The predicted octanol–water partition coefficient (Wildman–Crippen LogP) is 2.16. The van der Waals surface area contributed by atoms with Crippen molar-refractivity contribution in [3.8, 4) is 5.75 Å². The number of rotatable bonds is 5. The van der Waals surface area contributed by atoms with Crippen molar-refractivity contribution in [3.05, 3.63) is 53.6 Å². The normalized spacial score (nSPS) is 11.1. The fourth-order valence-electron chi connectivity index (χ4n) is 2.04. The van der Waals surface area contributed by atoms with Crippen molar-refractivity contribution in [1.82, 2.24) is 4.72 Å². The van der Waals surface area contributed by atoms with E-state index in [9.17, 15) is 13.2 Å². The molecular weight excluding hydrogens is 316 g/mol. The molecule has 0 aliphatic heterocycles. The molecule has 2 N–H and O–H groups in total. The molecule has 23 heavy (non-hydrogen) atoms. The van der Waals surface area contributed by atoms with Crippen LogP contribution in [0.2, 0.25) is 0 Å². The fraction of sp³-hybridized carbons (Fsp3) is 0.188. The highest BCUT2D eigenvalue weighted by Gasteiger charge is 2.16. The van der Waals surface area contributed by atoms with Crippen LogP contribution in [-0.4, -0.2) is 28.5 Å². The minimum atomic E-state index is -3.58. The zero-order chi connectivity index (χ0) is 17.0. The van der Waals surface area contributed by atoms with Crippen molar-refractivity contribution in [3.63, 3.8) is 0 Å². The monoisotopic (exact) mass is 334 g/mol. The number of carbonyl (C=O) groups excluding carboxylic acids is 1. The zero-order valence-electron chi connectivity index (χ0n) is 13.1. The van der Waals surface area contributed by atoms with Gasteiger partial charge in [-0.25, -0.2) is 13.1 Å². The molecule has 7 heteroatoms. The van der Waals surface area contributed by atoms with Crippen LogP contribution in [0.15, 0.2) is 47.4 Å². The van der Waals surface area contributed by atoms with Crippen molar-refractivity contribution in [2.75, 3.05) is 19.5 Å². The van der Waals surface area contributed by atoms with Gasteiger partial charge in [0, 0.05) is 11.3 Å². The van der Waals surface area contributed by atoms with Gasteiger partial charge >= 0.3 is 0 Å². The Balaban J connectivity index is 2.30. The van der Waals surface area contributed by atoms with E-state index in [-0.39, 0.29) is 10.8 Å². The highest BCUT2D eigenvalue weighted by molar-refractivity contribution is 7.89. The maximum absolute atomic E-state index is 12.3. The minimum Gasteiger partial charge on any atom is -0.497 e. The number of carbonyl (C=O) groups is 1. The molecule has 0 heterocycles. The molecule has 0 unspecified atom stereocenters. The molecule has 6 nitrogen and oxygen atoms in total. The van der Waals surface area contributed by atoms with Crippen molar-refractivity contribution < 1.29 is 17.9 Å². The molecule has 0 atom stereocenters. The van der Waals surface area contributed by atoms with Crippen molar-refractivity contribution in [2.24, 2.45) is 0 Å². The van der Waals surface area contributed by atoms with Gasteiger partial charge in [-0.05, 0) is 49.9 Å². The van der Waals surface area contributed by atoms with E-state index in [1.54, 1.807) is 43.3 Å². The first kappa shape index (κ1) is 17.0. The standard InChI is InChI=1S/C16H18N2O4S/c1-11-7-8-13(10-15(11)23(20,21)17-2)18-16(19)12-5-4-6-14(9-12)22-3/h4-10,17H,1-3H3,(H,18,19). The van der Waals surface area contributed by atoms with E-state index >= 15 is 0 Å². The number of aryl methyl sites for hydroxylation is 1. The van der Waals surface area contributed by atoms with Crippen LogP contribution in [0.3, 0.4) is 0 Å². The van der Waals surface area contributed by atoms with Crippen LogP contribution in [0.25, 0.3) is 0 Å². The number of methoxy groups -OCH3 is 1. The van der Waals surface area contributed by atoms with Gasteiger partial charge in [-0.2, -0.15) is 0 Å². The fourth-order valence-corrected chi connectivity index (χ4v) is 3.04. The van der Waals surface area contributed by atoms with Gasteiger partial charge in [0.05, 0.1) is 12.0 Å². The molecule has 0 radical (unpaired) electrons. The van der Waals surface area contributed by atoms with Gasteiger partial charge in [-0.15, -0.1) is 0 Å². The molecule has 2 rings (SSSR count). The number of anilines is 1. The second kappa shape index (κ2) is 6.80. The maximum Gasteiger partial charge on any atom is 0.255 e. The Morgan fingerprint density at radius 1 is 1.13 bits per heavy atom. The number of sulfonamides is 1. The molecule has 0 saturated carbocycles. The molecule has 122 valence electrons. The lowest BCUT2D eigenvalue weighted by atomic mass is 10.2. The molecule has 0 aromatic heterocycles. The number of ether oxygens (including phenoxy) is 1. The Morgan fingerprint density at radius 2 is 1.87 bits per heavy atom. The predicted molar refractivity (Wildman–Crippen MR) is 88.4 cm³/mol. The van der Waals surface area contributed by atoms with Gasteiger partial charge in [0.1, 0.15) is 5.75 Å². The van der Waals surface area contributed by atoms with Gasteiger partial charge in [-0.3, -0.25) is 4.79 Å². The number of hydrogen-bond acceptors (Lipinski definition) is 4. The third kappa shape index (κ3) is 3.88. The smallest absolute Gasteiger partial charge is 0.255 e. The lowest BCUT2D eigenvalue weighted by Gasteiger charge is -2.11. The van der Waals surface area contributed by atoms with Gasteiger partial charge < -0.3 is 10.1 Å². The summed E-state index contributed by atoms with van der Waals surface area (Å²) in [6, 6.07) is 11.4. The Labute approximate surface area is 135 Å². The molecule has 0 saturated heterocycles. The lowest BCUT2D eigenvalue weighted by molar-refractivity contribution is 0.102. The SMILES string of the molecule is CNS(=O)(=O)c1cc(NC(=O)c2cccc(OC)c2)ccc1C. The quantitative estimate of drug-likeness (QED) is 0.877. The Hall–Kier alpha value is -2.38. The first-order chi connectivity index (χ1) is 10.9. The van der Waals surface area contributed by atoms with E-state index in [0.29, 0.717) is 22.6 Å². The summed E-state index contributed by atoms with van der Waals surface area (Å²) < 4.78 is 31.3. The van der Waals surface area contributed by atoms with Gasteiger partial charge in [0.25, 0.3) is 5.91 Å². The van der Waals surface area contributed by atoms with Crippen LogP contribution in [0, 0.1) is 6.92 Å². The molecular formula is C16H18N2O4S. The second-order valence-corrected chi connectivity index (χ2v) is 6.73. The summed E-state index contributed by atoms with van der Waals surface area (Å²) in [4.78, 5) is 12.4. The van der Waals surface area contributed by atoms with Gasteiger partial charge in [0.2, 0.25) is 10.0 Å². The van der Waals surface area contributed by atoms with Gasteiger partial charge in [-0.1, -0.05) is 12.1 Å². The number of amides is 1. The second-order valence-electron chi connectivity index (χ2n) is 4.87. The molecule has 0 bridgehead atoms. The summed E-state index contributed by atoms with van der Waals surface area (Å²) in [7, 11) is -0.721. The van der Waals surface area contributed by atoms with E-state index in [1.165, 1.54) is 20.2 Å². The summed E-state index contributed by atoms with van der Waals surface area (Å²) >= 11 is 0. The molecule has 0 aliphatic carbocycles.